The molecule has 1 aliphatic rings. The number of rotatable bonds is 4. The van der Waals surface area contributed by atoms with E-state index in [0.717, 1.165) is 59.1 Å². The maximum absolute atomic E-state index is 13.4. The Balaban J connectivity index is 1.92. The number of aryl methyl sites for hydroxylation is 1. The van der Waals surface area contributed by atoms with Crippen LogP contribution in [0.3, 0.4) is 0 Å². The molecule has 26 heavy (non-hydrogen) atoms. The highest BCUT2D eigenvalue weighted by Crippen LogP contribution is 2.39. The van der Waals surface area contributed by atoms with Crippen molar-refractivity contribution in [3.8, 4) is 22.5 Å². The van der Waals surface area contributed by atoms with Crippen LogP contribution in [0.25, 0.3) is 22.5 Å². The smallest absolute Gasteiger partial charge is 0.123 e. The van der Waals surface area contributed by atoms with Crippen molar-refractivity contribution in [3.05, 3.63) is 54.1 Å². The monoisotopic (exact) mass is 346 g/mol. The standard InChI is InChI=1S/C21H19FN4/c1-3-24-18-13-15(8-11-17(18)23-2)21-20(14-6-9-16(22)10-7-14)25-19-5-4-12-26(19)21/h3,6-11,13H,2,4-5,12H2,1H3. The van der Waals surface area contributed by atoms with E-state index in [1.54, 1.807) is 18.3 Å². The third-order valence-electron chi connectivity index (χ3n) is 4.63. The molecule has 3 aromatic rings. The molecule has 0 spiro atoms. The molecule has 1 aromatic heterocycles. The number of halogens is 1. The Hall–Kier alpha value is -3.08. The molecule has 2 aromatic carbocycles. The quantitative estimate of drug-likeness (QED) is 0.587. The molecule has 1 aliphatic heterocycles. The van der Waals surface area contributed by atoms with Crippen LogP contribution in [0.5, 0.6) is 0 Å². The Bertz CT molecular complexity index is 1000. The van der Waals surface area contributed by atoms with Crippen LogP contribution in [-0.4, -0.2) is 22.5 Å². The summed E-state index contributed by atoms with van der Waals surface area (Å²) in [6, 6.07) is 12.5. The van der Waals surface area contributed by atoms with Gasteiger partial charge in [-0.05, 0) is 56.5 Å². The summed E-state index contributed by atoms with van der Waals surface area (Å²) in [6.45, 7) is 6.43. The Labute approximate surface area is 151 Å². The molecule has 0 amide bonds. The SMILES string of the molecule is C=Nc1ccc(-c2c(-c3ccc(F)cc3)nc3n2CCC3)cc1N=CC. The summed E-state index contributed by atoms with van der Waals surface area (Å²) in [5.74, 6) is 0.828. The number of hydrogen-bond donors (Lipinski definition) is 0. The molecule has 0 fully saturated rings. The Morgan fingerprint density at radius 2 is 1.88 bits per heavy atom. The van der Waals surface area contributed by atoms with E-state index in [4.69, 9.17) is 4.98 Å². The van der Waals surface area contributed by atoms with Crippen LogP contribution >= 0.6 is 0 Å². The first-order valence-electron chi connectivity index (χ1n) is 8.66. The summed E-state index contributed by atoms with van der Waals surface area (Å²) in [6.07, 6.45) is 3.79. The first kappa shape index (κ1) is 16.4. The van der Waals surface area contributed by atoms with Crippen molar-refractivity contribution >= 4 is 24.3 Å². The van der Waals surface area contributed by atoms with E-state index in [1.165, 1.54) is 12.1 Å². The highest BCUT2D eigenvalue weighted by Gasteiger charge is 2.23. The number of benzene rings is 2. The average molecular weight is 346 g/mol. The lowest BCUT2D eigenvalue weighted by atomic mass is 10.0. The minimum Gasteiger partial charge on any atom is -0.327 e. The topological polar surface area (TPSA) is 42.5 Å². The summed E-state index contributed by atoms with van der Waals surface area (Å²) in [4.78, 5) is 13.3. The van der Waals surface area contributed by atoms with Crippen LogP contribution in [0.1, 0.15) is 19.2 Å². The second-order valence-electron chi connectivity index (χ2n) is 6.24. The van der Waals surface area contributed by atoms with E-state index in [0.29, 0.717) is 0 Å². The summed E-state index contributed by atoms with van der Waals surface area (Å²) in [5.41, 5.74) is 5.39. The first-order valence-corrected chi connectivity index (χ1v) is 8.66. The molecule has 0 saturated carbocycles. The van der Waals surface area contributed by atoms with Crippen LogP contribution in [-0.2, 0) is 13.0 Å². The van der Waals surface area contributed by atoms with Crippen LogP contribution in [0.2, 0.25) is 0 Å². The van der Waals surface area contributed by atoms with Crippen LogP contribution in [0.15, 0.2) is 52.4 Å². The van der Waals surface area contributed by atoms with Gasteiger partial charge >= 0.3 is 0 Å². The van der Waals surface area contributed by atoms with Crippen molar-refractivity contribution in [2.24, 2.45) is 9.98 Å². The molecule has 2 heterocycles. The van der Waals surface area contributed by atoms with Crippen molar-refractivity contribution in [2.75, 3.05) is 0 Å². The van der Waals surface area contributed by atoms with Crippen molar-refractivity contribution in [1.82, 2.24) is 9.55 Å². The number of imidazole rings is 1. The van der Waals surface area contributed by atoms with Gasteiger partial charge in [0, 0.05) is 30.3 Å². The number of aliphatic imine (C=N–C) groups is 2. The molecule has 0 aliphatic carbocycles. The fraction of sp³-hybridized carbons (Fsp3) is 0.190. The third-order valence-corrected chi connectivity index (χ3v) is 4.63. The second-order valence-corrected chi connectivity index (χ2v) is 6.24. The normalized spacial score (nSPS) is 13.3. The molecule has 4 nitrogen and oxygen atoms in total. The first-order chi connectivity index (χ1) is 12.7. The maximum atomic E-state index is 13.4. The zero-order chi connectivity index (χ0) is 18.1. The van der Waals surface area contributed by atoms with E-state index in [-0.39, 0.29) is 5.82 Å². The van der Waals surface area contributed by atoms with Gasteiger partial charge in [-0.15, -0.1) is 0 Å². The van der Waals surface area contributed by atoms with Crippen LogP contribution in [0, 0.1) is 5.82 Å². The molecular formula is C21H19FN4. The van der Waals surface area contributed by atoms with Crippen LogP contribution in [0.4, 0.5) is 15.8 Å². The zero-order valence-corrected chi connectivity index (χ0v) is 14.6. The minimum atomic E-state index is -0.247. The van der Waals surface area contributed by atoms with Gasteiger partial charge in [-0.2, -0.15) is 0 Å². The van der Waals surface area contributed by atoms with Gasteiger partial charge in [0.2, 0.25) is 0 Å². The highest BCUT2D eigenvalue weighted by molar-refractivity contribution is 5.83. The van der Waals surface area contributed by atoms with Gasteiger partial charge < -0.3 is 4.57 Å². The molecule has 0 bridgehead atoms. The van der Waals surface area contributed by atoms with E-state index < -0.39 is 0 Å². The molecule has 0 radical (unpaired) electrons. The second kappa shape index (κ2) is 6.67. The summed E-state index contributed by atoms with van der Waals surface area (Å²) < 4.78 is 15.6. The average Bonchev–Trinajstić information content (AvgIpc) is 3.23. The van der Waals surface area contributed by atoms with E-state index in [2.05, 4.69) is 21.3 Å². The minimum absolute atomic E-state index is 0.247. The largest absolute Gasteiger partial charge is 0.327 e. The zero-order valence-electron chi connectivity index (χ0n) is 14.6. The summed E-state index contributed by atoms with van der Waals surface area (Å²) >= 11 is 0. The molecule has 0 atom stereocenters. The predicted molar refractivity (Wildman–Crippen MR) is 104 cm³/mol. The van der Waals surface area contributed by atoms with Crippen molar-refractivity contribution < 1.29 is 4.39 Å². The molecule has 0 N–H and O–H groups in total. The highest BCUT2D eigenvalue weighted by atomic mass is 19.1. The predicted octanol–water partition coefficient (Wildman–Crippen LogP) is 5.36. The van der Waals surface area contributed by atoms with E-state index in [1.807, 2.05) is 25.1 Å². The van der Waals surface area contributed by atoms with E-state index in [9.17, 15) is 4.39 Å². The number of fused-ring (bicyclic) bond motifs is 1. The van der Waals surface area contributed by atoms with Crippen molar-refractivity contribution in [3.63, 3.8) is 0 Å². The lowest BCUT2D eigenvalue weighted by Gasteiger charge is -2.10. The van der Waals surface area contributed by atoms with Crippen molar-refractivity contribution in [1.29, 1.82) is 0 Å². The molecule has 4 rings (SSSR count). The van der Waals surface area contributed by atoms with Gasteiger partial charge in [0.15, 0.2) is 0 Å². The Morgan fingerprint density at radius 1 is 1.12 bits per heavy atom. The Kier molecular flexibility index (Phi) is 4.21. The fourth-order valence-corrected chi connectivity index (χ4v) is 3.47. The third kappa shape index (κ3) is 2.75. The molecule has 0 saturated heterocycles. The van der Waals surface area contributed by atoms with Gasteiger partial charge in [0.25, 0.3) is 0 Å². The van der Waals surface area contributed by atoms with Crippen LogP contribution < -0.4 is 0 Å². The van der Waals surface area contributed by atoms with Gasteiger partial charge in [-0.1, -0.05) is 6.07 Å². The number of nitrogens with zero attached hydrogens (tertiary/aromatic N) is 4. The van der Waals surface area contributed by atoms with Gasteiger partial charge in [0.1, 0.15) is 11.6 Å². The number of aromatic nitrogens is 2. The summed E-state index contributed by atoms with van der Waals surface area (Å²) in [7, 11) is 0. The molecule has 5 heteroatoms. The lowest BCUT2D eigenvalue weighted by Crippen LogP contribution is -1.96. The van der Waals surface area contributed by atoms with E-state index >= 15 is 0 Å². The van der Waals surface area contributed by atoms with Gasteiger partial charge in [-0.3, -0.25) is 9.98 Å². The lowest BCUT2D eigenvalue weighted by molar-refractivity contribution is 0.628. The molecule has 130 valence electrons. The molecular weight excluding hydrogens is 327 g/mol. The maximum Gasteiger partial charge on any atom is 0.123 e. The number of hydrogen-bond acceptors (Lipinski definition) is 3. The van der Waals surface area contributed by atoms with Gasteiger partial charge in [0.05, 0.1) is 22.8 Å². The Morgan fingerprint density at radius 3 is 2.62 bits per heavy atom. The van der Waals surface area contributed by atoms with Gasteiger partial charge in [-0.25, -0.2) is 9.37 Å². The fourth-order valence-electron chi connectivity index (χ4n) is 3.47. The van der Waals surface area contributed by atoms with Crippen molar-refractivity contribution in [2.45, 2.75) is 26.3 Å². The summed E-state index contributed by atoms with van der Waals surface area (Å²) in [5, 5.41) is 0. The molecule has 0 unspecified atom stereocenters.